The fourth-order valence-corrected chi connectivity index (χ4v) is 3.42. The summed E-state index contributed by atoms with van der Waals surface area (Å²) in [7, 11) is -4.11. The number of nitrogens with zero attached hydrogens (tertiary/aromatic N) is 4. The van der Waals surface area contributed by atoms with Crippen molar-refractivity contribution in [1.82, 2.24) is 19.5 Å². The summed E-state index contributed by atoms with van der Waals surface area (Å²) in [6.45, 7) is 1.12. The van der Waals surface area contributed by atoms with E-state index in [4.69, 9.17) is 9.26 Å². The second kappa shape index (κ2) is 6.92. The van der Waals surface area contributed by atoms with Gasteiger partial charge in [0.25, 0.3) is 0 Å². The molecule has 0 amide bonds. The van der Waals surface area contributed by atoms with Crippen molar-refractivity contribution in [2.24, 2.45) is 0 Å². The van der Waals surface area contributed by atoms with Gasteiger partial charge < -0.3 is 24.9 Å². The van der Waals surface area contributed by atoms with Crippen molar-refractivity contribution in [3.05, 3.63) is 12.7 Å². The zero-order valence-electron chi connectivity index (χ0n) is 13.1. The van der Waals surface area contributed by atoms with Crippen molar-refractivity contribution in [3.8, 4) is 0 Å². The summed E-state index contributed by atoms with van der Waals surface area (Å²) >= 11 is 0. The molecule has 3 heterocycles. The molecule has 3 rings (SSSR count). The minimum Gasteiger partial charge on any atom is -0.394 e. The Morgan fingerprint density at radius 2 is 2.12 bits per heavy atom. The van der Waals surface area contributed by atoms with Crippen LogP contribution in [-0.2, 0) is 13.8 Å². The molecule has 0 aliphatic carbocycles. The highest BCUT2D eigenvalue weighted by Gasteiger charge is 2.44. The lowest BCUT2D eigenvalue weighted by atomic mass is 10.1. The van der Waals surface area contributed by atoms with Crippen LogP contribution in [0.5, 0.6) is 0 Å². The van der Waals surface area contributed by atoms with E-state index in [-0.39, 0.29) is 23.6 Å². The van der Waals surface area contributed by atoms with E-state index in [9.17, 15) is 24.8 Å². The van der Waals surface area contributed by atoms with Crippen molar-refractivity contribution in [2.75, 3.05) is 18.3 Å². The molecule has 1 aliphatic heterocycles. The van der Waals surface area contributed by atoms with Gasteiger partial charge >= 0.3 is 7.75 Å². The summed E-state index contributed by atoms with van der Waals surface area (Å²) in [5.41, 5.74) is 0.345. The molecular formula is C12H18N5O7P. The highest BCUT2D eigenvalue weighted by atomic mass is 31.2. The van der Waals surface area contributed by atoms with Gasteiger partial charge in [-0.3, -0.25) is 14.2 Å². The van der Waals surface area contributed by atoms with Gasteiger partial charge in [-0.15, -0.1) is 0 Å². The number of rotatable bonds is 6. The zero-order valence-corrected chi connectivity index (χ0v) is 14.0. The van der Waals surface area contributed by atoms with Crippen LogP contribution in [0.25, 0.3) is 11.2 Å². The van der Waals surface area contributed by atoms with Crippen molar-refractivity contribution < 1.29 is 34.0 Å². The van der Waals surface area contributed by atoms with Crippen LogP contribution in [0.2, 0.25) is 0 Å². The maximum atomic E-state index is 11.9. The second-order valence-electron chi connectivity index (χ2n) is 5.33. The van der Waals surface area contributed by atoms with E-state index in [1.54, 1.807) is 6.92 Å². The highest BCUT2D eigenvalue weighted by molar-refractivity contribution is 7.54. The molecule has 0 saturated carbocycles. The molecule has 1 fully saturated rings. The summed E-state index contributed by atoms with van der Waals surface area (Å²) in [6.07, 6.45) is -2.15. The van der Waals surface area contributed by atoms with Crippen molar-refractivity contribution >= 4 is 24.7 Å². The molecule has 2 aromatic heterocycles. The predicted molar refractivity (Wildman–Crippen MR) is 83.4 cm³/mol. The normalized spacial score (nSPS) is 29.0. The third-order valence-corrected chi connectivity index (χ3v) is 4.80. The van der Waals surface area contributed by atoms with Crippen LogP contribution in [0, 0.1) is 0 Å². The van der Waals surface area contributed by atoms with Crippen LogP contribution >= 0.6 is 7.75 Å². The largest absolute Gasteiger partial charge is 0.431 e. The molecular weight excluding hydrogens is 357 g/mol. The van der Waals surface area contributed by atoms with Gasteiger partial charge in [-0.05, 0) is 6.92 Å². The minimum atomic E-state index is -4.11. The molecule has 0 spiro atoms. The Labute approximate surface area is 141 Å². The van der Waals surface area contributed by atoms with E-state index in [0.717, 1.165) is 6.33 Å². The van der Waals surface area contributed by atoms with Gasteiger partial charge in [-0.2, -0.15) is 0 Å². The van der Waals surface area contributed by atoms with Crippen LogP contribution in [0.4, 0.5) is 5.82 Å². The van der Waals surface area contributed by atoms with Gasteiger partial charge in [-0.25, -0.2) is 19.5 Å². The summed E-state index contributed by atoms with van der Waals surface area (Å²) in [4.78, 5) is 21.7. The number of aromatic nitrogens is 4. The summed E-state index contributed by atoms with van der Waals surface area (Å²) in [6, 6.07) is 0. The van der Waals surface area contributed by atoms with Crippen LogP contribution in [0.1, 0.15) is 13.2 Å². The topological polar surface area (TPSA) is 172 Å². The second-order valence-corrected chi connectivity index (χ2v) is 6.85. The van der Waals surface area contributed by atoms with Crippen LogP contribution in [0.3, 0.4) is 0 Å². The number of aliphatic hydroxyl groups is 3. The number of anilines is 1. The molecule has 25 heavy (non-hydrogen) atoms. The standard InChI is InChI=1S/C12H18N5O7P/c1-2-23-25(21,22)16-10-7-11(14-4-13-10)17(5-15-7)12-9(20)8(19)6(3-18)24-12/h4-6,8-9,12,18-20H,2-3H2,1H3,(H2,13,14,16,21,22)/t6-,8-,9-,12-/m1/s1. The van der Waals surface area contributed by atoms with Crippen LogP contribution in [0.15, 0.2) is 12.7 Å². The average Bonchev–Trinajstić information content (AvgIpc) is 3.10. The Hall–Kier alpha value is -1.66. The number of fused-ring (bicyclic) bond motifs is 1. The Morgan fingerprint density at radius 3 is 2.76 bits per heavy atom. The van der Waals surface area contributed by atoms with E-state index in [2.05, 4.69) is 20.0 Å². The number of hydrogen-bond acceptors (Lipinski definition) is 9. The first kappa shape index (κ1) is 18.1. The molecule has 0 radical (unpaired) electrons. The maximum Gasteiger partial charge on any atom is 0.431 e. The molecule has 13 heteroatoms. The first-order chi connectivity index (χ1) is 11.9. The molecule has 5 atom stereocenters. The smallest absolute Gasteiger partial charge is 0.394 e. The number of aliphatic hydroxyl groups excluding tert-OH is 3. The predicted octanol–water partition coefficient (Wildman–Crippen LogP) is -1.01. The minimum absolute atomic E-state index is 0.0198. The lowest BCUT2D eigenvalue weighted by Crippen LogP contribution is -2.33. The Balaban J connectivity index is 1.95. The molecule has 1 unspecified atom stereocenters. The average molecular weight is 375 g/mol. The van der Waals surface area contributed by atoms with Gasteiger partial charge in [0.15, 0.2) is 23.2 Å². The van der Waals surface area contributed by atoms with Gasteiger partial charge in [0.2, 0.25) is 0 Å². The van der Waals surface area contributed by atoms with Gasteiger partial charge in [0, 0.05) is 0 Å². The first-order valence-corrected chi connectivity index (χ1v) is 9.01. The quantitative estimate of drug-likeness (QED) is 0.391. The molecule has 0 aromatic carbocycles. The molecule has 1 saturated heterocycles. The third-order valence-electron chi connectivity index (χ3n) is 3.70. The van der Waals surface area contributed by atoms with Gasteiger partial charge in [0.1, 0.15) is 24.6 Å². The van der Waals surface area contributed by atoms with E-state index >= 15 is 0 Å². The lowest BCUT2D eigenvalue weighted by Gasteiger charge is -2.16. The van der Waals surface area contributed by atoms with Crippen LogP contribution in [-0.4, -0.2) is 71.3 Å². The number of hydrogen-bond donors (Lipinski definition) is 5. The summed E-state index contributed by atoms with van der Waals surface area (Å²) < 4.78 is 23.4. The van der Waals surface area contributed by atoms with E-state index < -0.39 is 38.9 Å². The van der Waals surface area contributed by atoms with E-state index in [1.807, 2.05) is 0 Å². The fraction of sp³-hybridized carbons (Fsp3) is 0.583. The first-order valence-electron chi connectivity index (χ1n) is 7.43. The third kappa shape index (κ3) is 3.37. The number of ether oxygens (including phenoxy) is 1. The fourth-order valence-electron chi connectivity index (χ4n) is 2.57. The van der Waals surface area contributed by atoms with E-state index in [0.29, 0.717) is 0 Å². The van der Waals surface area contributed by atoms with E-state index in [1.165, 1.54) is 10.9 Å². The number of nitrogens with one attached hydrogen (secondary N) is 1. The Bertz CT molecular complexity index is 801. The lowest BCUT2D eigenvalue weighted by molar-refractivity contribution is -0.0511. The summed E-state index contributed by atoms with van der Waals surface area (Å²) in [5, 5.41) is 31.4. The number of imidazole rings is 1. The SMILES string of the molecule is CCOP(=O)(O)Nc1ncnc2c1ncn2[C@@H]1O[C@H](CO)[C@@H](O)[C@H]1O. The van der Waals surface area contributed by atoms with Crippen molar-refractivity contribution in [1.29, 1.82) is 0 Å². The zero-order chi connectivity index (χ0) is 18.2. The Kier molecular flexibility index (Phi) is 5.02. The van der Waals surface area contributed by atoms with Gasteiger partial charge in [0.05, 0.1) is 19.5 Å². The molecule has 1 aliphatic rings. The molecule has 0 bridgehead atoms. The highest BCUT2D eigenvalue weighted by Crippen LogP contribution is 2.42. The molecule has 5 N–H and O–H groups in total. The molecule has 138 valence electrons. The summed E-state index contributed by atoms with van der Waals surface area (Å²) in [5.74, 6) is -0.0326. The Morgan fingerprint density at radius 1 is 1.36 bits per heavy atom. The maximum absolute atomic E-state index is 11.9. The van der Waals surface area contributed by atoms with Crippen molar-refractivity contribution in [2.45, 2.75) is 31.5 Å². The van der Waals surface area contributed by atoms with Crippen molar-refractivity contribution in [3.63, 3.8) is 0 Å². The molecule has 12 nitrogen and oxygen atoms in total. The van der Waals surface area contributed by atoms with Gasteiger partial charge in [-0.1, -0.05) is 0 Å². The van der Waals surface area contributed by atoms with Crippen LogP contribution < -0.4 is 5.09 Å². The molecule has 2 aromatic rings. The monoisotopic (exact) mass is 375 g/mol.